The zero-order valence-electron chi connectivity index (χ0n) is 17.7. The lowest BCUT2D eigenvalue weighted by atomic mass is 10.0. The number of piperidine rings is 1. The summed E-state index contributed by atoms with van der Waals surface area (Å²) in [5, 5.41) is 9.24. The number of alkyl halides is 6. The summed E-state index contributed by atoms with van der Waals surface area (Å²) in [6, 6.07) is 2.32. The molecule has 0 bridgehead atoms. The van der Waals surface area contributed by atoms with E-state index in [0.717, 1.165) is 32.5 Å². The molecule has 2 aromatic rings. The van der Waals surface area contributed by atoms with Crippen LogP contribution in [0.25, 0.3) is 0 Å². The smallest absolute Gasteiger partial charge is 0.350 e. The number of benzene rings is 1. The Labute approximate surface area is 192 Å². The molecule has 33 heavy (non-hydrogen) atoms. The van der Waals surface area contributed by atoms with Crippen molar-refractivity contribution in [1.29, 1.82) is 0 Å². The van der Waals surface area contributed by atoms with Gasteiger partial charge >= 0.3 is 12.4 Å². The van der Waals surface area contributed by atoms with Crippen LogP contribution in [-0.4, -0.2) is 37.0 Å². The second-order valence-electron chi connectivity index (χ2n) is 7.98. The topological polar surface area (TPSA) is 44.4 Å². The Hall–Kier alpha value is -2.11. The molecule has 1 saturated heterocycles. The molecule has 1 aromatic heterocycles. The number of hydrogen-bond acceptors (Lipinski definition) is 4. The van der Waals surface area contributed by atoms with Gasteiger partial charge in [-0.2, -0.15) is 37.7 Å². The number of nitrogens with zero attached hydrogens (tertiary/aromatic N) is 1. The first-order chi connectivity index (χ1) is 15.5. The molecule has 1 aliphatic heterocycles. The SMILES string of the molecule is O=C(NCc1cc(C(F)(F)F)cc(C(F)(F)F)c1)[C@H](NCCN1CCCCC1)c1ccsc1. The highest BCUT2D eigenvalue weighted by atomic mass is 32.1. The van der Waals surface area contributed by atoms with Gasteiger partial charge in [0.25, 0.3) is 0 Å². The predicted molar refractivity (Wildman–Crippen MR) is 114 cm³/mol. The Morgan fingerprint density at radius 3 is 2.18 bits per heavy atom. The van der Waals surface area contributed by atoms with Crippen LogP contribution in [0.1, 0.15) is 47.6 Å². The molecular formula is C22H25F6N3OS. The first kappa shape index (κ1) is 25.5. The quantitative estimate of drug-likeness (QED) is 0.496. The first-order valence-electron chi connectivity index (χ1n) is 10.6. The van der Waals surface area contributed by atoms with Gasteiger partial charge in [0.15, 0.2) is 0 Å². The fourth-order valence-electron chi connectivity index (χ4n) is 3.76. The molecule has 3 rings (SSSR count). The van der Waals surface area contributed by atoms with E-state index in [1.54, 1.807) is 16.8 Å². The summed E-state index contributed by atoms with van der Waals surface area (Å²) in [5.74, 6) is -0.516. The van der Waals surface area contributed by atoms with E-state index >= 15 is 0 Å². The lowest BCUT2D eigenvalue weighted by Crippen LogP contribution is -2.41. The number of halogens is 6. The molecule has 0 unspecified atom stereocenters. The Balaban J connectivity index is 1.68. The maximum Gasteiger partial charge on any atom is 0.416 e. The molecule has 1 aromatic carbocycles. The van der Waals surface area contributed by atoms with Gasteiger partial charge in [-0.25, -0.2) is 0 Å². The molecule has 182 valence electrons. The van der Waals surface area contributed by atoms with Crippen LogP contribution in [0.4, 0.5) is 26.3 Å². The molecule has 2 heterocycles. The van der Waals surface area contributed by atoms with E-state index in [2.05, 4.69) is 15.5 Å². The minimum absolute atomic E-state index is 0.0711. The third-order valence-electron chi connectivity index (χ3n) is 5.48. The molecule has 0 radical (unpaired) electrons. The molecule has 0 spiro atoms. The highest BCUT2D eigenvalue weighted by Gasteiger charge is 2.37. The molecule has 0 saturated carbocycles. The van der Waals surface area contributed by atoms with Crippen molar-refractivity contribution in [3.8, 4) is 0 Å². The van der Waals surface area contributed by atoms with Crippen LogP contribution in [0.5, 0.6) is 0 Å². The van der Waals surface area contributed by atoms with Crippen molar-refractivity contribution < 1.29 is 31.1 Å². The molecule has 0 aliphatic carbocycles. The third kappa shape index (κ3) is 7.44. The van der Waals surface area contributed by atoms with Gasteiger partial charge in [0.1, 0.15) is 6.04 Å². The van der Waals surface area contributed by atoms with Crippen molar-refractivity contribution in [3.05, 3.63) is 57.3 Å². The summed E-state index contributed by atoms with van der Waals surface area (Å²) in [4.78, 5) is 15.1. The van der Waals surface area contributed by atoms with Crippen molar-refractivity contribution in [3.63, 3.8) is 0 Å². The van der Waals surface area contributed by atoms with Crippen LogP contribution in [0.2, 0.25) is 0 Å². The van der Waals surface area contributed by atoms with Gasteiger partial charge in [0.2, 0.25) is 5.91 Å². The highest BCUT2D eigenvalue weighted by molar-refractivity contribution is 7.08. The minimum atomic E-state index is -4.94. The largest absolute Gasteiger partial charge is 0.416 e. The van der Waals surface area contributed by atoms with Gasteiger partial charge in [-0.15, -0.1) is 0 Å². The average Bonchev–Trinajstić information content (AvgIpc) is 3.29. The first-order valence-corrected chi connectivity index (χ1v) is 11.5. The van der Waals surface area contributed by atoms with Gasteiger partial charge in [0.05, 0.1) is 11.1 Å². The number of hydrogen-bond donors (Lipinski definition) is 2. The molecule has 1 fully saturated rings. The van der Waals surface area contributed by atoms with Crippen LogP contribution in [0, 0.1) is 0 Å². The second kappa shape index (κ2) is 10.9. The van der Waals surface area contributed by atoms with E-state index in [1.165, 1.54) is 17.8 Å². The van der Waals surface area contributed by atoms with Crippen LogP contribution in [-0.2, 0) is 23.7 Å². The summed E-state index contributed by atoms with van der Waals surface area (Å²) in [5.41, 5.74) is -2.40. The number of thiophene rings is 1. The van der Waals surface area contributed by atoms with Gasteiger partial charge in [-0.1, -0.05) is 6.42 Å². The predicted octanol–water partition coefficient (Wildman–Crippen LogP) is 5.22. The molecule has 1 amide bonds. The van der Waals surface area contributed by atoms with E-state index in [-0.39, 0.29) is 11.6 Å². The highest BCUT2D eigenvalue weighted by Crippen LogP contribution is 2.36. The van der Waals surface area contributed by atoms with Crippen LogP contribution >= 0.6 is 11.3 Å². The van der Waals surface area contributed by atoms with Crippen molar-refractivity contribution in [1.82, 2.24) is 15.5 Å². The molecule has 1 atom stereocenters. The maximum atomic E-state index is 13.1. The van der Waals surface area contributed by atoms with Crippen molar-refractivity contribution in [2.75, 3.05) is 26.2 Å². The zero-order chi connectivity index (χ0) is 24.1. The molecule has 1 aliphatic rings. The third-order valence-corrected chi connectivity index (χ3v) is 6.18. The maximum absolute atomic E-state index is 13.1. The normalized spacial score (nSPS) is 16.5. The number of nitrogens with one attached hydrogen (secondary N) is 2. The van der Waals surface area contributed by atoms with E-state index in [1.807, 2.05) is 0 Å². The Morgan fingerprint density at radius 2 is 1.64 bits per heavy atom. The monoisotopic (exact) mass is 493 g/mol. The van der Waals surface area contributed by atoms with Gasteiger partial charge in [0, 0.05) is 19.6 Å². The summed E-state index contributed by atoms with van der Waals surface area (Å²) < 4.78 is 78.4. The fourth-order valence-corrected chi connectivity index (χ4v) is 4.45. The summed E-state index contributed by atoms with van der Waals surface area (Å²) in [7, 11) is 0. The minimum Gasteiger partial charge on any atom is -0.350 e. The van der Waals surface area contributed by atoms with Crippen molar-refractivity contribution in [2.24, 2.45) is 0 Å². The number of carbonyl (C=O) groups excluding carboxylic acids is 1. The van der Waals surface area contributed by atoms with Gasteiger partial charge in [-0.3, -0.25) is 4.79 Å². The number of amides is 1. The fraction of sp³-hybridized carbons (Fsp3) is 0.500. The average molecular weight is 494 g/mol. The second-order valence-corrected chi connectivity index (χ2v) is 8.76. The van der Waals surface area contributed by atoms with Gasteiger partial charge in [-0.05, 0) is 72.1 Å². The van der Waals surface area contributed by atoms with E-state index in [9.17, 15) is 31.1 Å². The molecule has 2 N–H and O–H groups in total. The molecule has 4 nitrogen and oxygen atoms in total. The number of rotatable bonds is 8. The molecular weight excluding hydrogens is 468 g/mol. The van der Waals surface area contributed by atoms with Crippen LogP contribution in [0.15, 0.2) is 35.0 Å². The Bertz CT molecular complexity index is 876. The van der Waals surface area contributed by atoms with E-state index in [4.69, 9.17) is 0 Å². The summed E-state index contributed by atoms with van der Waals surface area (Å²) in [6.07, 6.45) is -6.41. The molecule has 11 heteroatoms. The lowest BCUT2D eigenvalue weighted by Gasteiger charge is -2.27. The van der Waals surface area contributed by atoms with Crippen molar-refractivity contribution in [2.45, 2.75) is 44.2 Å². The van der Waals surface area contributed by atoms with Gasteiger partial charge < -0.3 is 15.5 Å². The summed E-state index contributed by atoms with van der Waals surface area (Å²) in [6.45, 7) is 2.80. The van der Waals surface area contributed by atoms with E-state index < -0.39 is 42.0 Å². The Morgan fingerprint density at radius 1 is 1.00 bits per heavy atom. The van der Waals surface area contributed by atoms with E-state index in [0.29, 0.717) is 24.2 Å². The standard InChI is InChI=1S/C22H25F6N3OS/c23-21(24,25)17-10-15(11-18(12-17)22(26,27)28)13-30-20(32)19(16-4-9-33-14-16)29-5-8-31-6-2-1-3-7-31/h4,9-12,14,19,29H,1-3,5-8,13H2,(H,30,32)/t19-/m1/s1. The van der Waals surface area contributed by atoms with Crippen LogP contribution < -0.4 is 10.6 Å². The van der Waals surface area contributed by atoms with Crippen molar-refractivity contribution >= 4 is 17.2 Å². The van der Waals surface area contributed by atoms with Crippen LogP contribution in [0.3, 0.4) is 0 Å². The lowest BCUT2D eigenvalue weighted by molar-refractivity contribution is -0.143. The number of carbonyl (C=O) groups is 1. The number of likely N-dealkylation sites (tertiary alicyclic amines) is 1. The summed E-state index contributed by atoms with van der Waals surface area (Å²) >= 11 is 1.39. The zero-order valence-corrected chi connectivity index (χ0v) is 18.5. The Kier molecular flexibility index (Phi) is 8.41.